The third-order valence-corrected chi connectivity index (χ3v) is 3.43. The number of hydrogen-bond donors (Lipinski definition) is 1. The predicted molar refractivity (Wildman–Crippen MR) is 85.5 cm³/mol. The Bertz CT molecular complexity index is 1100. The summed E-state index contributed by atoms with van der Waals surface area (Å²) in [7, 11) is 0. The second-order valence-electron chi connectivity index (χ2n) is 5.01. The first-order valence-electron chi connectivity index (χ1n) is 6.84. The fourth-order valence-corrected chi connectivity index (χ4v) is 2.25. The minimum atomic E-state index is -0.720. The smallest absolute Gasteiger partial charge is 0.270 e. The average Bonchev–Trinajstić information content (AvgIpc) is 2.60. The topological polar surface area (TPSA) is 149 Å². The van der Waals surface area contributed by atoms with Crippen LogP contribution in [-0.2, 0) is 0 Å². The molecule has 0 aliphatic carbocycles. The van der Waals surface area contributed by atoms with Crippen LogP contribution >= 0.6 is 0 Å². The molecule has 2 aromatic carbocycles. The molecule has 0 spiro atoms. The number of rotatable bonds is 4. The number of carbonyl (C=O) groups is 1. The molecule has 3 rings (SSSR count). The van der Waals surface area contributed by atoms with Gasteiger partial charge in [0.05, 0.1) is 20.7 Å². The molecule has 1 heterocycles. The van der Waals surface area contributed by atoms with Crippen molar-refractivity contribution in [3.05, 3.63) is 84.4 Å². The van der Waals surface area contributed by atoms with Crippen LogP contribution in [0.4, 0.5) is 11.4 Å². The van der Waals surface area contributed by atoms with Gasteiger partial charge in [0.2, 0.25) is 5.78 Å². The van der Waals surface area contributed by atoms with Crippen LogP contribution in [-0.4, -0.2) is 25.6 Å². The zero-order valence-corrected chi connectivity index (χ0v) is 12.3. The van der Waals surface area contributed by atoms with Gasteiger partial charge in [-0.05, 0) is 6.07 Å². The maximum Gasteiger partial charge on any atom is 0.270 e. The van der Waals surface area contributed by atoms with Gasteiger partial charge < -0.3 is 4.98 Å². The standard InChI is InChI=1S/C15H8N4O6/c20-13(8-2-1-3-9(6-8)18(22)23)14-16-12-5-4-10(19(24)25)7-11(12)15(21)17-14/h1-7H,(H,16,17,21). The maximum atomic E-state index is 12.4. The Morgan fingerprint density at radius 3 is 2.36 bits per heavy atom. The number of hydrogen-bond acceptors (Lipinski definition) is 7. The van der Waals surface area contributed by atoms with Crippen LogP contribution in [0.3, 0.4) is 0 Å². The van der Waals surface area contributed by atoms with E-state index in [4.69, 9.17) is 0 Å². The molecule has 124 valence electrons. The zero-order chi connectivity index (χ0) is 18.1. The Morgan fingerprint density at radius 2 is 1.68 bits per heavy atom. The number of nitrogens with one attached hydrogen (secondary N) is 1. The Labute approximate surface area is 138 Å². The summed E-state index contributed by atoms with van der Waals surface area (Å²) in [6, 6.07) is 8.48. The first-order chi connectivity index (χ1) is 11.9. The van der Waals surface area contributed by atoms with Crippen LogP contribution in [0.1, 0.15) is 16.2 Å². The molecular formula is C15H8N4O6. The van der Waals surface area contributed by atoms with Crippen molar-refractivity contribution in [3.8, 4) is 0 Å². The van der Waals surface area contributed by atoms with Crippen molar-refractivity contribution in [3.63, 3.8) is 0 Å². The summed E-state index contributed by atoms with van der Waals surface area (Å²) in [6.07, 6.45) is 0. The largest absolute Gasteiger partial charge is 0.303 e. The SMILES string of the molecule is O=C(c1cccc([N+](=O)[O-])c1)c1nc2ccc([N+](=O)[O-])cc2c(=O)[nH]1. The van der Waals surface area contributed by atoms with Crippen molar-refractivity contribution in [1.82, 2.24) is 9.97 Å². The molecule has 0 unspecified atom stereocenters. The quantitative estimate of drug-likeness (QED) is 0.433. The predicted octanol–water partition coefficient (Wildman–Crippen LogP) is 1.97. The van der Waals surface area contributed by atoms with E-state index in [0.717, 1.165) is 18.2 Å². The van der Waals surface area contributed by atoms with Gasteiger partial charge in [-0.15, -0.1) is 0 Å². The van der Waals surface area contributed by atoms with Crippen LogP contribution in [0.2, 0.25) is 0 Å². The van der Waals surface area contributed by atoms with Crippen molar-refractivity contribution in [2.75, 3.05) is 0 Å². The van der Waals surface area contributed by atoms with E-state index in [2.05, 4.69) is 9.97 Å². The zero-order valence-electron chi connectivity index (χ0n) is 12.3. The number of non-ortho nitro benzene ring substituents is 2. The molecule has 3 aromatic rings. The molecule has 0 bridgehead atoms. The Hall–Kier alpha value is -3.95. The number of benzene rings is 2. The third-order valence-electron chi connectivity index (χ3n) is 3.43. The van der Waals surface area contributed by atoms with Gasteiger partial charge in [-0.25, -0.2) is 4.98 Å². The fourth-order valence-electron chi connectivity index (χ4n) is 2.25. The lowest BCUT2D eigenvalue weighted by atomic mass is 10.1. The highest BCUT2D eigenvalue weighted by molar-refractivity contribution is 6.07. The van der Waals surface area contributed by atoms with Crippen LogP contribution in [0.5, 0.6) is 0 Å². The van der Waals surface area contributed by atoms with E-state index in [1.165, 1.54) is 24.3 Å². The molecule has 25 heavy (non-hydrogen) atoms. The number of aromatic amines is 1. The Balaban J connectivity index is 2.10. The highest BCUT2D eigenvalue weighted by Gasteiger charge is 2.18. The van der Waals surface area contributed by atoms with Gasteiger partial charge in [-0.1, -0.05) is 12.1 Å². The Kier molecular flexibility index (Phi) is 3.77. The van der Waals surface area contributed by atoms with Gasteiger partial charge >= 0.3 is 0 Å². The number of nitro benzene ring substituents is 2. The van der Waals surface area contributed by atoms with E-state index in [1.807, 2.05) is 0 Å². The normalized spacial score (nSPS) is 10.6. The van der Waals surface area contributed by atoms with E-state index >= 15 is 0 Å². The molecular weight excluding hydrogens is 332 g/mol. The lowest BCUT2D eigenvalue weighted by Crippen LogP contribution is -2.16. The summed E-state index contributed by atoms with van der Waals surface area (Å²) >= 11 is 0. The summed E-state index contributed by atoms with van der Waals surface area (Å²) in [4.78, 5) is 51.0. The highest BCUT2D eigenvalue weighted by atomic mass is 16.6. The second-order valence-corrected chi connectivity index (χ2v) is 5.01. The summed E-state index contributed by atoms with van der Waals surface area (Å²) in [5.41, 5.74) is -1.19. The molecule has 0 saturated carbocycles. The fraction of sp³-hybridized carbons (Fsp3) is 0. The first-order valence-corrected chi connectivity index (χ1v) is 6.84. The lowest BCUT2D eigenvalue weighted by molar-refractivity contribution is -0.385. The maximum absolute atomic E-state index is 12.4. The Morgan fingerprint density at radius 1 is 1.00 bits per heavy atom. The number of fused-ring (bicyclic) bond motifs is 1. The number of nitro groups is 2. The van der Waals surface area contributed by atoms with E-state index in [-0.39, 0.29) is 33.7 Å². The third kappa shape index (κ3) is 2.95. The minimum absolute atomic E-state index is 0.0152. The van der Waals surface area contributed by atoms with Gasteiger partial charge in [0.15, 0.2) is 5.82 Å². The molecule has 1 N–H and O–H groups in total. The van der Waals surface area contributed by atoms with E-state index in [9.17, 15) is 29.8 Å². The van der Waals surface area contributed by atoms with Crippen LogP contribution in [0.25, 0.3) is 10.9 Å². The lowest BCUT2D eigenvalue weighted by Gasteiger charge is -2.03. The van der Waals surface area contributed by atoms with Gasteiger partial charge in [-0.3, -0.25) is 29.8 Å². The number of nitrogens with zero attached hydrogens (tertiary/aromatic N) is 3. The van der Waals surface area contributed by atoms with Crippen molar-refractivity contribution in [1.29, 1.82) is 0 Å². The molecule has 0 fully saturated rings. The van der Waals surface area contributed by atoms with Gasteiger partial charge in [-0.2, -0.15) is 0 Å². The molecule has 1 aromatic heterocycles. The number of H-pyrrole nitrogens is 1. The molecule has 10 nitrogen and oxygen atoms in total. The molecule has 10 heteroatoms. The number of ketones is 1. The molecule has 0 aliphatic rings. The first kappa shape index (κ1) is 15.9. The van der Waals surface area contributed by atoms with Gasteiger partial charge in [0.1, 0.15) is 0 Å². The van der Waals surface area contributed by atoms with Crippen LogP contribution in [0.15, 0.2) is 47.3 Å². The highest BCUT2D eigenvalue weighted by Crippen LogP contribution is 2.18. The summed E-state index contributed by atoms with van der Waals surface area (Å²) < 4.78 is 0. The van der Waals surface area contributed by atoms with Crippen LogP contribution < -0.4 is 5.56 Å². The molecule has 0 saturated heterocycles. The van der Waals surface area contributed by atoms with Crippen molar-refractivity contribution in [2.45, 2.75) is 0 Å². The number of aromatic nitrogens is 2. The van der Waals surface area contributed by atoms with Crippen molar-refractivity contribution >= 4 is 28.1 Å². The average molecular weight is 340 g/mol. The summed E-state index contributed by atoms with van der Waals surface area (Å²) in [5.74, 6) is -1.02. The number of carbonyl (C=O) groups excluding carboxylic acids is 1. The van der Waals surface area contributed by atoms with Crippen molar-refractivity contribution in [2.24, 2.45) is 0 Å². The van der Waals surface area contributed by atoms with Gasteiger partial charge in [0.25, 0.3) is 16.9 Å². The van der Waals surface area contributed by atoms with Gasteiger partial charge in [0, 0.05) is 29.8 Å². The summed E-state index contributed by atoms with van der Waals surface area (Å²) in [5, 5.41) is 21.5. The molecule has 0 aliphatic heterocycles. The van der Waals surface area contributed by atoms with Crippen molar-refractivity contribution < 1.29 is 14.6 Å². The van der Waals surface area contributed by atoms with E-state index in [1.54, 1.807) is 0 Å². The monoisotopic (exact) mass is 340 g/mol. The minimum Gasteiger partial charge on any atom is -0.303 e. The van der Waals surface area contributed by atoms with Crippen LogP contribution in [0, 0.1) is 20.2 Å². The molecule has 0 amide bonds. The summed E-state index contributed by atoms with van der Waals surface area (Å²) in [6.45, 7) is 0. The van der Waals surface area contributed by atoms with E-state index < -0.39 is 21.2 Å². The van der Waals surface area contributed by atoms with E-state index in [0.29, 0.717) is 0 Å². The second kappa shape index (κ2) is 5.92. The molecule has 0 radical (unpaired) electrons. The molecule has 0 atom stereocenters.